The van der Waals surface area contributed by atoms with Crippen LogP contribution in [0.1, 0.15) is 23.0 Å². The molecule has 2 aromatic rings. The first-order chi connectivity index (χ1) is 8.65. The molecule has 0 amide bonds. The Labute approximate surface area is 102 Å². The highest BCUT2D eigenvalue weighted by Gasteiger charge is 2.13. The molecule has 90 valence electrons. The predicted octanol–water partition coefficient (Wildman–Crippen LogP) is 1.84. The number of hydrogen-bond acceptors (Lipinski definition) is 5. The van der Waals surface area contributed by atoms with Crippen LogP contribution in [-0.2, 0) is 4.74 Å². The number of carbonyl (C=O) groups is 1. The van der Waals surface area contributed by atoms with Crippen molar-refractivity contribution in [3.05, 3.63) is 45.8 Å². The lowest BCUT2D eigenvalue weighted by Crippen LogP contribution is -2.10. The van der Waals surface area contributed by atoms with Gasteiger partial charge in [-0.3, -0.25) is 4.79 Å². The summed E-state index contributed by atoms with van der Waals surface area (Å²) in [5, 5.41) is 9.09. The molecular formula is C13H9NO4. The Morgan fingerprint density at radius 2 is 2.22 bits per heavy atom. The standard InChI is InChI=1S/C13H9NO4/c1-2-17-13(16)12-6-10(15)9-4-3-8(7-14)5-11(9)18-12/h3-6H,2H2,1H3. The van der Waals surface area contributed by atoms with E-state index in [2.05, 4.69) is 0 Å². The molecule has 0 aliphatic heterocycles. The van der Waals surface area contributed by atoms with Gasteiger partial charge in [0, 0.05) is 6.07 Å². The second-order valence-corrected chi connectivity index (χ2v) is 3.52. The third-order valence-electron chi connectivity index (χ3n) is 2.33. The maximum atomic E-state index is 11.8. The summed E-state index contributed by atoms with van der Waals surface area (Å²) in [5.41, 5.74) is 0.208. The maximum absolute atomic E-state index is 11.8. The Morgan fingerprint density at radius 1 is 1.44 bits per heavy atom. The fourth-order valence-corrected chi connectivity index (χ4v) is 1.53. The van der Waals surface area contributed by atoms with Crippen molar-refractivity contribution < 1.29 is 13.9 Å². The Morgan fingerprint density at radius 3 is 2.89 bits per heavy atom. The third-order valence-corrected chi connectivity index (χ3v) is 2.33. The molecule has 0 fully saturated rings. The van der Waals surface area contributed by atoms with E-state index in [9.17, 15) is 9.59 Å². The van der Waals surface area contributed by atoms with E-state index in [0.717, 1.165) is 6.07 Å². The molecule has 5 nitrogen and oxygen atoms in total. The van der Waals surface area contributed by atoms with E-state index in [1.165, 1.54) is 18.2 Å². The van der Waals surface area contributed by atoms with Crippen LogP contribution in [0, 0.1) is 11.3 Å². The van der Waals surface area contributed by atoms with Crippen molar-refractivity contribution in [2.75, 3.05) is 6.61 Å². The number of carbonyl (C=O) groups excluding carboxylic acids is 1. The van der Waals surface area contributed by atoms with Gasteiger partial charge in [-0.1, -0.05) is 0 Å². The summed E-state index contributed by atoms with van der Waals surface area (Å²) in [5.74, 6) is -0.858. The lowest BCUT2D eigenvalue weighted by atomic mass is 10.1. The molecule has 0 atom stereocenters. The number of benzene rings is 1. The highest BCUT2D eigenvalue weighted by Crippen LogP contribution is 2.14. The minimum absolute atomic E-state index is 0.163. The van der Waals surface area contributed by atoms with Gasteiger partial charge in [0.25, 0.3) is 0 Å². The number of fused-ring (bicyclic) bond motifs is 1. The number of esters is 1. The molecular weight excluding hydrogens is 234 g/mol. The first kappa shape index (κ1) is 11.9. The summed E-state index contributed by atoms with van der Waals surface area (Å²) < 4.78 is 10.0. The monoisotopic (exact) mass is 243 g/mol. The fourth-order valence-electron chi connectivity index (χ4n) is 1.53. The summed E-state index contributed by atoms with van der Waals surface area (Å²) in [6.45, 7) is 1.85. The van der Waals surface area contributed by atoms with Crippen LogP contribution in [0.4, 0.5) is 0 Å². The molecule has 0 bridgehead atoms. The van der Waals surface area contributed by atoms with Crippen LogP contribution in [0.2, 0.25) is 0 Å². The summed E-state index contributed by atoms with van der Waals surface area (Å²) in [6.07, 6.45) is 0. The van der Waals surface area contributed by atoms with Crippen LogP contribution in [0.3, 0.4) is 0 Å². The Hall–Kier alpha value is -2.61. The van der Waals surface area contributed by atoms with Gasteiger partial charge in [0.2, 0.25) is 5.76 Å². The predicted molar refractivity (Wildman–Crippen MR) is 63.2 cm³/mol. The van der Waals surface area contributed by atoms with Crippen LogP contribution < -0.4 is 5.43 Å². The molecule has 0 saturated heterocycles. The molecule has 1 aromatic carbocycles. The molecule has 0 unspecified atom stereocenters. The second-order valence-electron chi connectivity index (χ2n) is 3.52. The quantitative estimate of drug-likeness (QED) is 0.752. The molecule has 5 heteroatoms. The average molecular weight is 243 g/mol. The lowest BCUT2D eigenvalue weighted by molar-refractivity contribution is 0.0490. The van der Waals surface area contributed by atoms with Crippen LogP contribution >= 0.6 is 0 Å². The molecule has 18 heavy (non-hydrogen) atoms. The molecule has 0 N–H and O–H groups in total. The van der Waals surface area contributed by atoms with E-state index >= 15 is 0 Å². The maximum Gasteiger partial charge on any atom is 0.374 e. The zero-order valence-electron chi connectivity index (χ0n) is 9.60. The first-order valence-corrected chi connectivity index (χ1v) is 5.31. The Bertz CT molecular complexity index is 709. The van der Waals surface area contributed by atoms with Crippen molar-refractivity contribution in [2.45, 2.75) is 6.92 Å². The van der Waals surface area contributed by atoms with Crippen LogP contribution in [-0.4, -0.2) is 12.6 Å². The van der Waals surface area contributed by atoms with Gasteiger partial charge in [-0.15, -0.1) is 0 Å². The number of rotatable bonds is 2. The van der Waals surface area contributed by atoms with Crippen molar-refractivity contribution in [3.63, 3.8) is 0 Å². The molecule has 0 radical (unpaired) electrons. The number of ether oxygens (including phenoxy) is 1. The van der Waals surface area contributed by atoms with E-state index in [0.29, 0.717) is 10.9 Å². The highest BCUT2D eigenvalue weighted by atomic mass is 16.5. The van der Waals surface area contributed by atoms with Gasteiger partial charge in [-0.05, 0) is 25.1 Å². The topological polar surface area (TPSA) is 80.3 Å². The van der Waals surface area contributed by atoms with Gasteiger partial charge in [-0.2, -0.15) is 5.26 Å². The van der Waals surface area contributed by atoms with E-state index in [-0.39, 0.29) is 23.4 Å². The SMILES string of the molecule is CCOC(=O)c1cc(=O)c2ccc(C#N)cc2o1. The smallest absolute Gasteiger partial charge is 0.374 e. The van der Waals surface area contributed by atoms with E-state index in [1.54, 1.807) is 6.92 Å². The second kappa shape index (κ2) is 4.72. The van der Waals surface area contributed by atoms with Crippen LogP contribution in [0.15, 0.2) is 33.5 Å². The minimum atomic E-state index is -0.695. The summed E-state index contributed by atoms with van der Waals surface area (Å²) in [7, 11) is 0. The largest absolute Gasteiger partial charge is 0.460 e. The molecule has 0 aliphatic rings. The van der Waals surface area contributed by atoms with Gasteiger partial charge in [-0.25, -0.2) is 4.79 Å². The van der Waals surface area contributed by atoms with Gasteiger partial charge >= 0.3 is 5.97 Å². The molecule has 1 heterocycles. The first-order valence-electron chi connectivity index (χ1n) is 5.31. The van der Waals surface area contributed by atoms with E-state index in [4.69, 9.17) is 14.4 Å². The Kier molecular flexibility index (Phi) is 3.11. The normalized spacial score (nSPS) is 10.0. The minimum Gasteiger partial charge on any atom is -0.460 e. The Balaban J connectivity index is 2.63. The average Bonchev–Trinajstić information content (AvgIpc) is 2.38. The zero-order valence-corrected chi connectivity index (χ0v) is 9.60. The lowest BCUT2D eigenvalue weighted by Gasteiger charge is -2.02. The molecule has 0 saturated carbocycles. The number of nitrogens with zero attached hydrogens (tertiary/aromatic N) is 1. The van der Waals surface area contributed by atoms with E-state index in [1.807, 2.05) is 6.07 Å². The van der Waals surface area contributed by atoms with Crippen LogP contribution in [0.25, 0.3) is 11.0 Å². The summed E-state index contributed by atoms with van der Waals surface area (Å²) in [4.78, 5) is 23.2. The fraction of sp³-hybridized carbons (Fsp3) is 0.154. The van der Waals surface area contributed by atoms with Gasteiger partial charge in [0.05, 0.1) is 23.6 Å². The zero-order chi connectivity index (χ0) is 13.1. The number of nitriles is 1. The molecule has 0 aliphatic carbocycles. The number of hydrogen-bond donors (Lipinski definition) is 0. The van der Waals surface area contributed by atoms with Crippen LogP contribution in [0.5, 0.6) is 0 Å². The van der Waals surface area contributed by atoms with Gasteiger partial charge in [0.15, 0.2) is 5.43 Å². The molecule has 0 spiro atoms. The van der Waals surface area contributed by atoms with Crippen molar-refractivity contribution in [2.24, 2.45) is 0 Å². The van der Waals surface area contributed by atoms with Gasteiger partial charge < -0.3 is 9.15 Å². The van der Waals surface area contributed by atoms with Gasteiger partial charge in [0.1, 0.15) is 5.58 Å². The summed E-state index contributed by atoms with van der Waals surface area (Å²) >= 11 is 0. The molecule has 1 aromatic heterocycles. The van der Waals surface area contributed by atoms with Crippen molar-refractivity contribution in [1.82, 2.24) is 0 Å². The molecule has 2 rings (SSSR count). The summed E-state index contributed by atoms with van der Waals surface area (Å²) in [6, 6.07) is 7.45. The van der Waals surface area contributed by atoms with Crippen molar-refractivity contribution >= 4 is 16.9 Å². The third kappa shape index (κ3) is 2.09. The van der Waals surface area contributed by atoms with Crippen molar-refractivity contribution in [3.8, 4) is 6.07 Å². The van der Waals surface area contributed by atoms with Crippen molar-refractivity contribution in [1.29, 1.82) is 5.26 Å². The van der Waals surface area contributed by atoms with E-state index < -0.39 is 5.97 Å². The highest BCUT2D eigenvalue weighted by molar-refractivity contribution is 5.89.